The van der Waals surface area contributed by atoms with Crippen LogP contribution in [0.1, 0.15) is 41.3 Å². The molecule has 2 N–H and O–H groups in total. The minimum absolute atomic E-state index is 0.148. The lowest BCUT2D eigenvalue weighted by Crippen LogP contribution is -2.25. The van der Waals surface area contributed by atoms with Crippen molar-refractivity contribution >= 4 is 0 Å². The van der Waals surface area contributed by atoms with Crippen molar-refractivity contribution in [2.24, 2.45) is 0 Å². The summed E-state index contributed by atoms with van der Waals surface area (Å²) in [5.41, 5.74) is 5.21. The number of nitrogens with zero attached hydrogens (tertiary/aromatic N) is 2. The summed E-state index contributed by atoms with van der Waals surface area (Å²) in [7, 11) is 0. The zero-order valence-electron chi connectivity index (χ0n) is 12.5. The van der Waals surface area contributed by atoms with E-state index in [0.29, 0.717) is 12.6 Å². The first-order chi connectivity index (χ1) is 10.3. The number of aliphatic hydroxyl groups excluding tert-OH is 1. The Kier molecular flexibility index (Phi) is 4.36. The van der Waals surface area contributed by atoms with E-state index in [1.807, 2.05) is 10.9 Å². The van der Waals surface area contributed by atoms with Crippen molar-refractivity contribution in [2.45, 2.75) is 45.3 Å². The van der Waals surface area contributed by atoms with Gasteiger partial charge in [0.1, 0.15) is 0 Å². The van der Waals surface area contributed by atoms with Gasteiger partial charge in [-0.1, -0.05) is 29.8 Å². The summed E-state index contributed by atoms with van der Waals surface area (Å²) in [4.78, 5) is 0. The number of benzene rings is 1. The van der Waals surface area contributed by atoms with E-state index in [1.54, 1.807) is 0 Å². The molecule has 1 aromatic heterocycles. The minimum Gasteiger partial charge on any atom is -0.394 e. The minimum atomic E-state index is 0.148. The van der Waals surface area contributed by atoms with Crippen LogP contribution in [-0.2, 0) is 19.5 Å². The topological polar surface area (TPSA) is 50.1 Å². The van der Waals surface area contributed by atoms with Gasteiger partial charge in [-0.25, -0.2) is 0 Å². The van der Waals surface area contributed by atoms with E-state index in [2.05, 4.69) is 41.6 Å². The average Bonchev–Trinajstić information content (AvgIpc) is 2.91. The second kappa shape index (κ2) is 6.41. The number of fused-ring (bicyclic) bond motifs is 1. The summed E-state index contributed by atoms with van der Waals surface area (Å²) in [6.45, 7) is 3.74. The average molecular weight is 285 g/mol. The van der Waals surface area contributed by atoms with Crippen molar-refractivity contribution in [2.75, 3.05) is 6.61 Å². The third-order valence-corrected chi connectivity index (χ3v) is 4.25. The number of hydrogen-bond acceptors (Lipinski definition) is 3. The zero-order chi connectivity index (χ0) is 14.7. The molecular formula is C17H23N3O. The maximum atomic E-state index is 9.10. The number of hydrogen-bond donors (Lipinski definition) is 2. The summed E-state index contributed by atoms with van der Waals surface area (Å²) >= 11 is 0. The lowest BCUT2D eigenvalue weighted by Gasteiger charge is -2.24. The lowest BCUT2D eigenvalue weighted by molar-refractivity contribution is 0.266. The highest BCUT2D eigenvalue weighted by molar-refractivity contribution is 5.26. The van der Waals surface area contributed by atoms with Gasteiger partial charge in [-0.05, 0) is 31.7 Å². The number of nitrogens with one attached hydrogen (secondary N) is 1. The summed E-state index contributed by atoms with van der Waals surface area (Å²) in [6.07, 6.45) is 5.37. The molecule has 1 atom stereocenters. The van der Waals surface area contributed by atoms with Crippen molar-refractivity contribution in [3.05, 3.63) is 52.8 Å². The highest BCUT2D eigenvalue weighted by Gasteiger charge is 2.23. The number of aryl methyl sites for hydroxylation is 1. The maximum absolute atomic E-state index is 9.10. The van der Waals surface area contributed by atoms with Gasteiger partial charge in [0.05, 0.1) is 19.3 Å². The van der Waals surface area contributed by atoms with E-state index in [-0.39, 0.29) is 6.61 Å². The number of rotatable bonds is 5. The van der Waals surface area contributed by atoms with Crippen molar-refractivity contribution < 1.29 is 5.11 Å². The van der Waals surface area contributed by atoms with Crippen LogP contribution in [0.2, 0.25) is 0 Å². The molecule has 1 aromatic carbocycles. The van der Waals surface area contributed by atoms with E-state index in [1.165, 1.54) is 28.8 Å². The molecule has 0 radical (unpaired) electrons. The Labute approximate surface area is 125 Å². The Morgan fingerprint density at radius 3 is 2.90 bits per heavy atom. The molecule has 3 rings (SSSR count). The smallest absolute Gasteiger partial charge is 0.0644 e. The number of aromatic nitrogens is 2. The van der Waals surface area contributed by atoms with Gasteiger partial charge < -0.3 is 10.4 Å². The molecule has 4 heteroatoms. The largest absolute Gasteiger partial charge is 0.394 e. The molecule has 1 aliphatic carbocycles. The summed E-state index contributed by atoms with van der Waals surface area (Å²) < 4.78 is 1.95. The third kappa shape index (κ3) is 3.17. The van der Waals surface area contributed by atoms with Gasteiger partial charge in [0, 0.05) is 23.8 Å². The van der Waals surface area contributed by atoms with Crippen LogP contribution in [0, 0.1) is 6.92 Å². The van der Waals surface area contributed by atoms with Crippen LogP contribution in [0.4, 0.5) is 0 Å². The second-order valence-corrected chi connectivity index (χ2v) is 5.80. The van der Waals surface area contributed by atoms with Gasteiger partial charge in [-0.2, -0.15) is 5.10 Å². The van der Waals surface area contributed by atoms with Gasteiger partial charge >= 0.3 is 0 Å². The van der Waals surface area contributed by atoms with Crippen LogP contribution in [0.5, 0.6) is 0 Å². The third-order valence-electron chi connectivity index (χ3n) is 4.25. The van der Waals surface area contributed by atoms with E-state index in [9.17, 15) is 0 Å². The molecule has 112 valence electrons. The van der Waals surface area contributed by atoms with Crippen LogP contribution in [-0.4, -0.2) is 21.5 Å². The summed E-state index contributed by atoms with van der Waals surface area (Å²) in [5.74, 6) is 0. The highest BCUT2D eigenvalue weighted by Crippen LogP contribution is 2.29. The van der Waals surface area contributed by atoms with Crippen LogP contribution in [0.25, 0.3) is 0 Å². The van der Waals surface area contributed by atoms with Crippen molar-refractivity contribution in [3.63, 3.8) is 0 Å². The lowest BCUT2D eigenvalue weighted by atomic mass is 9.92. The fourth-order valence-corrected chi connectivity index (χ4v) is 3.07. The molecule has 1 heterocycles. The number of aliphatic hydroxyl groups is 1. The zero-order valence-corrected chi connectivity index (χ0v) is 12.5. The molecule has 21 heavy (non-hydrogen) atoms. The normalized spacial score (nSPS) is 17.7. The monoisotopic (exact) mass is 285 g/mol. The molecule has 0 saturated carbocycles. The first-order valence-corrected chi connectivity index (χ1v) is 7.72. The Hall–Kier alpha value is -1.65. The molecule has 0 saturated heterocycles. The molecule has 2 aromatic rings. The quantitative estimate of drug-likeness (QED) is 0.886. The Morgan fingerprint density at radius 2 is 2.14 bits per heavy atom. The van der Waals surface area contributed by atoms with Gasteiger partial charge in [-0.15, -0.1) is 0 Å². The predicted octanol–water partition coefficient (Wildman–Crippen LogP) is 2.35. The van der Waals surface area contributed by atoms with Crippen molar-refractivity contribution in [1.29, 1.82) is 0 Å². The fraction of sp³-hybridized carbons (Fsp3) is 0.471. The SMILES string of the molecule is Cc1ccc(CNC2CCCc3c2cnn3CCO)cc1. The Balaban J connectivity index is 1.69. The molecule has 0 spiro atoms. The molecule has 1 unspecified atom stereocenters. The maximum Gasteiger partial charge on any atom is 0.0644 e. The van der Waals surface area contributed by atoms with Gasteiger partial charge in [0.25, 0.3) is 0 Å². The standard InChI is InChI=1S/C17H23N3O/c1-13-5-7-14(8-6-13)11-18-16-3-2-4-17-15(16)12-19-20(17)9-10-21/h5-8,12,16,18,21H,2-4,9-11H2,1H3. The first kappa shape index (κ1) is 14.3. The van der Waals surface area contributed by atoms with E-state index in [0.717, 1.165) is 19.4 Å². The molecule has 0 aliphatic heterocycles. The molecular weight excluding hydrogens is 262 g/mol. The summed E-state index contributed by atoms with van der Waals surface area (Å²) in [5, 5.41) is 17.2. The molecule has 4 nitrogen and oxygen atoms in total. The van der Waals surface area contributed by atoms with E-state index >= 15 is 0 Å². The molecule has 1 aliphatic rings. The van der Waals surface area contributed by atoms with Crippen LogP contribution < -0.4 is 5.32 Å². The molecule has 0 fully saturated rings. The van der Waals surface area contributed by atoms with E-state index < -0.39 is 0 Å². The first-order valence-electron chi connectivity index (χ1n) is 7.72. The Morgan fingerprint density at radius 1 is 1.33 bits per heavy atom. The molecule has 0 amide bonds. The highest BCUT2D eigenvalue weighted by atomic mass is 16.3. The fourth-order valence-electron chi connectivity index (χ4n) is 3.07. The van der Waals surface area contributed by atoms with Crippen molar-refractivity contribution in [1.82, 2.24) is 15.1 Å². The van der Waals surface area contributed by atoms with Gasteiger partial charge in [-0.3, -0.25) is 4.68 Å². The van der Waals surface area contributed by atoms with Crippen LogP contribution in [0.15, 0.2) is 30.5 Å². The van der Waals surface area contributed by atoms with Crippen LogP contribution in [0.3, 0.4) is 0 Å². The van der Waals surface area contributed by atoms with E-state index in [4.69, 9.17) is 5.11 Å². The van der Waals surface area contributed by atoms with Gasteiger partial charge in [0.2, 0.25) is 0 Å². The van der Waals surface area contributed by atoms with Crippen molar-refractivity contribution in [3.8, 4) is 0 Å². The van der Waals surface area contributed by atoms with Crippen LogP contribution >= 0.6 is 0 Å². The predicted molar refractivity (Wildman–Crippen MR) is 83.0 cm³/mol. The molecule has 0 bridgehead atoms. The second-order valence-electron chi connectivity index (χ2n) is 5.80. The summed E-state index contributed by atoms with van der Waals surface area (Å²) in [6, 6.07) is 9.05. The van der Waals surface area contributed by atoms with Gasteiger partial charge in [0.15, 0.2) is 0 Å². The Bertz CT molecular complexity index is 589.